The second kappa shape index (κ2) is 9.28. The number of carbonyl (C=O) groups excluding carboxylic acids is 2. The summed E-state index contributed by atoms with van der Waals surface area (Å²) in [6.07, 6.45) is -0.942. The van der Waals surface area contributed by atoms with Gasteiger partial charge in [0, 0.05) is 5.69 Å². The minimum absolute atomic E-state index is 0.0398. The van der Waals surface area contributed by atoms with Gasteiger partial charge in [0.15, 0.2) is 6.10 Å². The van der Waals surface area contributed by atoms with Crippen LogP contribution in [-0.4, -0.2) is 31.2 Å². The number of halogens is 1. The number of nitrogens with one attached hydrogen (secondary N) is 1. The Balaban J connectivity index is 1.95. The Morgan fingerprint density at radius 2 is 1.70 bits per heavy atom. The van der Waals surface area contributed by atoms with Gasteiger partial charge >= 0.3 is 5.97 Å². The number of anilines is 1. The van der Waals surface area contributed by atoms with Gasteiger partial charge in [0.25, 0.3) is 5.91 Å². The summed E-state index contributed by atoms with van der Waals surface area (Å²) in [6, 6.07) is 11.4. The first-order valence-electron chi connectivity index (χ1n) is 8.42. The van der Waals surface area contributed by atoms with Crippen LogP contribution in [0.2, 0.25) is 5.02 Å². The lowest BCUT2D eigenvalue weighted by Crippen LogP contribution is -2.30. The van der Waals surface area contributed by atoms with Gasteiger partial charge in [0.1, 0.15) is 11.5 Å². The standard InChI is InChI=1S/C20H22ClNO5/c1-12(2)26-16-8-5-14(6-9-16)20(24)27-13(3)19(23)22-15-7-10-18(25-4)17(21)11-15/h5-13H,1-4H3,(H,22,23)/t13-/m1/s1. The van der Waals surface area contributed by atoms with Gasteiger partial charge in [-0.05, 0) is 63.2 Å². The number of hydrogen-bond donors (Lipinski definition) is 1. The Morgan fingerprint density at radius 3 is 2.26 bits per heavy atom. The van der Waals surface area contributed by atoms with E-state index in [1.165, 1.54) is 14.0 Å². The highest BCUT2D eigenvalue weighted by Crippen LogP contribution is 2.27. The van der Waals surface area contributed by atoms with E-state index >= 15 is 0 Å². The second-order valence-electron chi connectivity index (χ2n) is 6.08. The summed E-state index contributed by atoms with van der Waals surface area (Å²) >= 11 is 6.03. The zero-order chi connectivity index (χ0) is 20.0. The van der Waals surface area contributed by atoms with Crippen molar-refractivity contribution < 1.29 is 23.8 Å². The fourth-order valence-corrected chi connectivity index (χ4v) is 2.47. The third-order valence-electron chi connectivity index (χ3n) is 3.53. The van der Waals surface area contributed by atoms with Gasteiger partial charge in [-0.3, -0.25) is 4.79 Å². The van der Waals surface area contributed by atoms with Crippen molar-refractivity contribution >= 4 is 29.2 Å². The van der Waals surface area contributed by atoms with E-state index in [0.29, 0.717) is 27.8 Å². The molecule has 0 aliphatic carbocycles. The summed E-state index contributed by atoms with van der Waals surface area (Å²) < 4.78 is 15.8. The second-order valence-corrected chi connectivity index (χ2v) is 6.48. The Labute approximate surface area is 163 Å². The molecule has 1 amide bonds. The Hall–Kier alpha value is -2.73. The van der Waals surface area contributed by atoms with E-state index in [1.54, 1.807) is 42.5 Å². The first kappa shape index (κ1) is 20.6. The molecule has 2 aromatic carbocycles. The van der Waals surface area contributed by atoms with Crippen LogP contribution in [0, 0.1) is 0 Å². The van der Waals surface area contributed by atoms with Crippen molar-refractivity contribution in [1.29, 1.82) is 0 Å². The third-order valence-corrected chi connectivity index (χ3v) is 3.83. The molecule has 0 saturated carbocycles. The summed E-state index contributed by atoms with van der Waals surface area (Å²) in [5.41, 5.74) is 0.808. The van der Waals surface area contributed by atoms with E-state index in [1.807, 2.05) is 13.8 Å². The minimum atomic E-state index is -0.982. The van der Waals surface area contributed by atoms with Gasteiger partial charge in [-0.25, -0.2) is 4.79 Å². The van der Waals surface area contributed by atoms with Gasteiger partial charge in [-0.2, -0.15) is 0 Å². The highest BCUT2D eigenvalue weighted by molar-refractivity contribution is 6.32. The quantitative estimate of drug-likeness (QED) is 0.711. The van der Waals surface area contributed by atoms with E-state index < -0.39 is 18.0 Å². The van der Waals surface area contributed by atoms with Crippen molar-refractivity contribution in [3.05, 3.63) is 53.1 Å². The SMILES string of the molecule is COc1ccc(NC(=O)[C@@H](C)OC(=O)c2ccc(OC(C)C)cc2)cc1Cl. The summed E-state index contributed by atoms with van der Waals surface area (Å²) in [6.45, 7) is 5.32. The lowest BCUT2D eigenvalue weighted by Gasteiger charge is -2.14. The molecule has 0 fully saturated rings. The molecule has 1 N–H and O–H groups in total. The number of methoxy groups -OCH3 is 1. The van der Waals surface area contributed by atoms with Crippen molar-refractivity contribution in [3.8, 4) is 11.5 Å². The Bertz CT molecular complexity index is 805. The normalized spacial score (nSPS) is 11.6. The lowest BCUT2D eigenvalue weighted by molar-refractivity contribution is -0.123. The largest absolute Gasteiger partial charge is 0.495 e. The van der Waals surface area contributed by atoms with Gasteiger partial charge in [0.2, 0.25) is 0 Å². The van der Waals surface area contributed by atoms with Crippen LogP contribution >= 0.6 is 11.6 Å². The summed E-state index contributed by atoms with van der Waals surface area (Å²) in [5.74, 6) is 0.0913. The summed E-state index contributed by atoms with van der Waals surface area (Å²) in [7, 11) is 1.50. The zero-order valence-corrected chi connectivity index (χ0v) is 16.4. The molecule has 2 rings (SSSR count). The van der Waals surface area contributed by atoms with E-state index in [2.05, 4.69) is 5.32 Å². The van der Waals surface area contributed by atoms with Gasteiger partial charge in [0.05, 0.1) is 23.8 Å². The van der Waals surface area contributed by atoms with Crippen LogP contribution in [0.15, 0.2) is 42.5 Å². The fourth-order valence-electron chi connectivity index (χ4n) is 2.21. The molecule has 0 spiro atoms. The van der Waals surface area contributed by atoms with Crippen LogP contribution in [0.25, 0.3) is 0 Å². The van der Waals surface area contributed by atoms with Crippen molar-refractivity contribution in [2.24, 2.45) is 0 Å². The average molecular weight is 392 g/mol. The van der Waals surface area contributed by atoms with Crippen molar-refractivity contribution in [1.82, 2.24) is 0 Å². The van der Waals surface area contributed by atoms with E-state index in [0.717, 1.165) is 0 Å². The van der Waals surface area contributed by atoms with Crippen LogP contribution in [0.1, 0.15) is 31.1 Å². The highest BCUT2D eigenvalue weighted by Gasteiger charge is 2.19. The predicted molar refractivity (Wildman–Crippen MR) is 104 cm³/mol. The predicted octanol–water partition coefficient (Wildman–Crippen LogP) is 4.32. The van der Waals surface area contributed by atoms with Crippen LogP contribution in [0.3, 0.4) is 0 Å². The van der Waals surface area contributed by atoms with Crippen molar-refractivity contribution in [3.63, 3.8) is 0 Å². The molecule has 0 heterocycles. The topological polar surface area (TPSA) is 73.9 Å². The molecule has 7 heteroatoms. The number of ether oxygens (including phenoxy) is 3. The first-order valence-corrected chi connectivity index (χ1v) is 8.80. The zero-order valence-electron chi connectivity index (χ0n) is 15.6. The molecule has 6 nitrogen and oxygen atoms in total. The molecule has 0 saturated heterocycles. The van der Waals surface area contributed by atoms with Gasteiger partial charge in [-0.15, -0.1) is 0 Å². The molecule has 0 radical (unpaired) electrons. The Morgan fingerprint density at radius 1 is 1.04 bits per heavy atom. The summed E-state index contributed by atoms with van der Waals surface area (Å²) in [4.78, 5) is 24.4. The van der Waals surface area contributed by atoms with E-state index in [4.69, 9.17) is 25.8 Å². The van der Waals surface area contributed by atoms with Crippen LogP contribution in [0.5, 0.6) is 11.5 Å². The molecule has 0 aliphatic heterocycles. The van der Waals surface area contributed by atoms with Crippen molar-refractivity contribution in [2.45, 2.75) is 33.0 Å². The molecule has 2 aromatic rings. The average Bonchev–Trinajstić information content (AvgIpc) is 2.61. The fraction of sp³-hybridized carbons (Fsp3) is 0.300. The molecule has 0 aliphatic rings. The van der Waals surface area contributed by atoms with Crippen LogP contribution < -0.4 is 14.8 Å². The molecular weight excluding hydrogens is 370 g/mol. The number of rotatable bonds is 7. The van der Waals surface area contributed by atoms with Gasteiger partial charge in [-0.1, -0.05) is 11.6 Å². The minimum Gasteiger partial charge on any atom is -0.495 e. The molecule has 0 aromatic heterocycles. The molecule has 144 valence electrons. The molecule has 0 unspecified atom stereocenters. The van der Waals surface area contributed by atoms with Crippen LogP contribution in [-0.2, 0) is 9.53 Å². The monoisotopic (exact) mass is 391 g/mol. The number of esters is 1. The third kappa shape index (κ3) is 5.89. The maximum atomic E-state index is 12.2. The Kier molecular flexibility index (Phi) is 7.07. The van der Waals surface area contributed by atoms with E-state index in [9.17, 15) is 9.59 Å². The number of benzene rings is 2. The summed E-state index contributed by atoms with van der Waals surface area (Å²) in [5, 5.41) is 3.01. The van der Waals surface area contributed by atoms with Crippen molar-refractivity contribution in [2.75, 3.05) is 12.4 Å². The van der Waals surface area contributed by atoms with E-state index in [-0.39, 0.29) is 6.10 Å². The maximum Gasteiger partial charge on any atom is 0.338 e. The smallest absolute Gasteiger partial charge is 0.338 e. The first-order chi connectivity index (χ1) is 12.8. The lowest BCUT2D eigenvalue weighted by atomic mass is 10.2. The number of carbonyl (C=O) groups is 2. The molecule has 27 heavy (non-hydrogen) atoms. The molecular formula is C20H22ClNO5. The number of amides is 1. The number of hydrogen-bond acceptors (Lipinski definition) is 5. The van der Waals surface area contributed by atoms with Crippen LogP contribution in [0.4, 0.5) is 5.69 Å². The highest BCUT2D eigenvalue weighted by atomic mass is 35.5. The molecule has 1 atom stereocenters. The van der Waals surface area contributed by atoms with Gasteiger partial charge < -0.3 is 19.5 Å². The maximum absolute atomic E-state index is 12.2. The molecule has 0 bridgehead atoms.